The molecular formula is C18H21N3O3. The number of nitrogens with zero attached hydrogens (tertiary/aromatic N) is 3. The van der Waals surface area contributed by atoms with Crippen LogP contribution in [0.5, 0.6) is 5.75 Å². The molecule has 2 heterocycles. The van der Waals surface area contributed by atoms with Crippen molar-refractivity contribution in [2.75, 3.05) is 18.0 Å². The highest BCUT2D eigenvalue weighted by atomic mass is 16.6. The quantitative estimate of drug-likeness (QED) is 0.671. The smallest absolute Gasteiger partial charge is 0.287 e. The van der Waals surface area contributed by atoms with Crippen LogP contribution in [0.4, 0.5) is 11.5 Å². The van der Waals surface area contributed by atoms with Gasteiger partial charge in [0.25, 0.3) is 5.69 Å². The molecular weight excluding hydrogens is 306 g/mol. The first-order chi connectivity index (χ1) is 11.6. The summed E-state index contributed by atoms with van der Waals surface area (Å²) in [6, 6.07) is 10.7. The summed E-state index contributed by atoms with van der Waals surface area (Å²) in [5.74, 6) is 1.81. The molecule has 0 unspecified atom stereocenters. The normalized spacial score (nSPS) is 15.4. The van der Waals surface area contributed by atoms with E-state index in [-0.39, 0.29) is 5.69 Å². The number of rotatable bonds is 5. The summed E-state index contributed by atoms with van der Waals surface area (Å²) in [4.78, 5) is 16.7. The second-order valence-corrected chi connectivity index (χ2v) is 6.27. The standard InChI is InChI=1S/C18H21N3O3/c22-17-6-3-14(4-7-17)1-2-15-9-11-20(12-10-15)18-8-5-16(13-19-18)21(23)24/h3-8,13,15,22H,1-2,9-12H2. The van der Waals surface area contributed by atoms with Crippen LogP contribution in [-0.4, -0.2) is 28.1 Å². The molecule has 1 fully saturated rings. The van der Waals surface area contributed by atoms with Gasteiger partial charge in [0.15, 0.2) is 0 Å². The zero-order valence-corrected chi connectivity index (χ0v) is 13.5. The lowest BCUT2D eigenvalue weighted by Crippen LogP contribution is -2.34. The van der Waals surface area contributed by atoms with E-state index in [1.807, 2.05) is 12.1 Å². The van der Waals surface area contributed by atoms with E-state index in [2.05, 4.69) is 9.88 Å². The summed E-state index contributed by atoms with van der Waals surface area (Å²) >= 11 is 0. The molecule has 6 heteroatoms. The highest BCUT2D eigenvalue weighted by molar-refractivity contribution is 5.43. The Morgan fingerprint density at radius 2 is 1.88 bits per heavy atom. The number of nitro groups is 1. The van der Waals surface area contributed by atoms with Crippen molar-refractivity contribution < 1.29 is 10.0 Å². The van der Waals surface area contributed by atoms with Gasteiger partial charge < -0.3 is 10.0 Å². The lowest BCUT2D eigenvalue weighted by atomic mass is 9.90. The molecule has 1 aliphatic heterocycles. The second-order valence-electron chi connectivity index (χ2n) is 6.27. The average Bonchev–Trinajstić information content (AvgIpc) is 2.62. The average molecular weight is 327 g/mol. The molecule has 3 rings (SSSR count). The van der Waals surface area contributed by atoms with Crippen molar-refractivity contribution in [3.8, 4) is 5.75 Å². The summed E-state index contributed by atoms with van der Waals surface area (Å²) < 4.78 is 0. The molecule has 1 saturated heterocycles. The Morgan fingerprint density at radius 3 is 2.46 bits per heavy atom. The molecule has 0 spiro atoms. The zero-order chi connectivity index (χ0) is 16.9. The van der Waals surface area contributed by atoms with Gasteiger partial charge in [0.2, 0.25) is 0 Å². The molecule has 2 aromatic rings. The molecule has 0 saturated carbocycles. The Labute approximate surface area is 140 Å². The van der Waals surface area contributed by atoms with Gasteiger partial charge in [-0.15, -0.1) is 0 Å². The maximum absolute atomic E-state index is 10.7. The van der Waals surface area contributed by atoms with Gasteiger partial charge >= 0.3 is 0 Å². The summed E-state index contributed by atoms with van der Waals surface area (Å²) in [6.07, 6.45) is 5.72. The summed E-state index contributed by atoms with van der Waals surface area (Å²) in [5.41, 5.74) is 1.29. The van der Waals surface area contributed by atoms with Crippen molar-refractivity contribution in [1.29, 1.82) is 0 Å². The lowest BCUT2D eigenvalue weighted by Gasteiger charge is -2.32. The maximum atomic E-state index is 10.7. The monoisotopic (exact) mass is 327 g/mol. The van der Waals surface area contributed by atoms with Crippen LogP contribution in [-0.2, 0) is 6.42 Å². The fraction of sp³-hybridized carbons (Fsp3) is 0.389. The zero-order valence-electron chi connectivity index (χ0n) is 13.5. The third kappa shape index (κ3) is 4.01. The highest BCUT2D eigenvalue weighted by Gasteiger charge is 2.20. The van der Waals surface area contributed by atoms with Gasteiger partial charge in [0.1, 0.15) is 17.8 Å². The number of phenolic OH excluding ortho intramolecular Hbond substituents is 1. The first kappa shape index (κ1) is 16.2. The molecule has 126 valence electrons. The molecule has 0 radical (unpaired) electrons. The van der Waals surface area contributed by atoms with Crippen LogP contribution in [0.15, 0.2) is 42.6 Å². The molecule has 1 aromatic heterocycles. The Balaban J connectivity index is 1.48. The Hall–Kier alpha value is -2.63. The maximum Gasteiger partial charge on any atom is 0.287 e. The van der Waals surface area contributed by atoms with Crippen LogP contribution >= 0.6 is 0 Å². The van der Waals surface area contributed by atoms with Crippen molar-refractivity contribution in [2.24, 2.45) is 5.92 Å². The molecule has 1 N–H and O–H groups in total. The van der Waals surface area contributed by atoms with Crippen molar-refractivity contribution in [1.82, 2.24) is 4.98 Å². The summed E-state index contributed by atoms with van der Waals surface area (Å²) in [7, 11) is 0. The van der Waals surface area contributed by atoms with Gasteiger partial charge in [0.05, 0.1) is 4.92 Å². The molecule has 0 aliphatic carbocycles. The van der Waals surface area contributed by atoms with Gasteiger partial charge in [-0.2, -0.15) is 0 Å². The van der Waals surface area contributed by atoms with Crippen LogP contribution in [0.1, 0.15) is 24.8 Å². The minimum Gasteiger partial charge on any atom is -0.508 e. The van der Waals surface area contributed by atoms with E-state index in [1.165, 1.54) is 17.8 Å². The van der Waals surface area contributed by atoms with Crippen LogP contribution in [0.25, 0.3) is 0 Å². The number of hydrogen-bond acceptors (Lipinski definition) is 5. The fourth-order valence-electron chi connectivity index (χ4n) is 3.16. The van der Waals surface area contributed by atoms with Gasteiger partial charge in [-0.1, -0.05) is 12.1 Å². The number of hydrogen-bond donors (Lipinski definition) is 1. The minimum absolute atomic E-state index is 0.0301. The Morgan fingerprint density at radius 1 is 1.17 bits per heavy atom. The molecule has 24 heavy (non-hydrogen) atoms. The molecule has 6 nitrogen and oxygen atoms in total. The number of piperidine rings is 1. The molecule has 0 atom stereocenters. The second kappa shape index (κ2) is 7.29. The highest BCUT2D eigenvalue weighted by Crippen LogP contribution is 2.26. The molecule has 1 aromatic carbocycles. The van der Waals surface area contributed by atoms with Crippen LogP contribution in [0, 0.1) is 16.0 Å². The van der Waals surface area contributed by atoms with E-state index < -0.39 is 4.92 Å². The number of aromatic hydroxyl groups is 1. The predicted molar refractivity (Wildman–Crippen MR) is 92.3 cm³/mol. The summed E-state index contributed by atoms with van der Waals surface area (Å²) in [5, 5.41) is 20.0. The Kier molecular flexibility index (Phi) is 4.93. The third-order valence-electron chi connectivity index (χ3n) is 4.66. The van der Waals surface area contributed by atoms with E-state index in [1.54, 1.807) is 18.2 Å². The Bertz CT molecular complexity index is 678. The first-order valence-electron chi connectivity index (χ1n) is 8.25. The van der Waals surface area contributed by atoms with Crippen LogP contribution in [0.3, 0.4) is 0 Å². The van der Waals surface area contributed by atoms with E-state index in [0.717, 1.165) is 44.6 Å². The fourth-order valence-corrected chi connectivity index (χ4v) is 3.16. The number of aromatic nitrogens is 1. The van der Waals surface area contributed by atoms with Crippen LogP contribution in [0.2, 0.25) is 0 Å². The summed E-state index contributed by atoms with van der Waals surface area (Å²) in [6.45, 7) is 1.87. The van der Waals surface area contributed by atoms with Crippen molar-refractivity contribution >= 4 is 11.5 Å². The SMILES string of the molecule is O=[N+]([O-])c1ccc(N2CCC(CCc3ccc(O)cc3)CC2)nc1. The lowest BCUT2D eigenvalue weighted by molar-refractivity contribution is -0.385. The molecule has 0 bridgehead atoms. The van der Waals surface area contributed by atoms with Crippen LogP contribution < -0.4 is 4.90 Å². The van der Waals surface area contributed by atoms with Crippen molar-refractivity contribution in [3.05, 3.63) is 58.3 Å². The number of pyridine rings is 1. The van der Waals surface area contributed by atoms with E-state index in [0.29, 0.717) is 11.7 Å². The number of phenols is 1. The van der Waals surface area contributed by atoms with Gasteiger partial charge in [-0.3, -0.25) is 10.1 Å². The van der Waals surface area contributed by atoms with Gasteiger partial charge in [-0.25, -0.2) is 4.98 Å². The van der Waals surface area contributed by atoms with E-state index >= 15 is 0 Å². The number of benzene rings is 1. The molecule has 0 amide bonds. The largest absolute Gasteiger partial charge is 0.508 e. The first-order valence-corrected chi connectivity index (χ1v) is 8.25. The molecule has 1 aliphatic rings. The third-order valence-corrected chi connectivity index (χ3v) is 4.66. The van der Waals surface area contributed by atoms with Gasteiger partial charge in [0, 0.05) is 19.2 Å². The van der Waals surface area contributed by atoms with Crippen molar-refractivity contribution in [3.63, 3.8) is 0 Å². The van der Waals surface area contributed by atoms with E-state index in [4.69, 9.17) is 0 Å². The van der Waals surface area contributed by atoms with E-state index in [9.17, 15) is 15.2 Å². The topological polar surface area (TPSA) is 79.5 Å². The van der Waals surface area contributed by atoms with Gasteiger partial charge in [-0.05, 0) is 55.4 Å². The minimum atomic E-state index is -0.424. The number of aryl methyl sites for hydroxylation is 1. The number of anilines is 1. The predicted octanol–water partition coefficient (Wildman–Crippen LogP) is 3.54. The van der Waals surface area contributed by atoms with Crippen molar-refractivity contribution in [2.45, 2.75) is 25.7 Å².